The van der Waals surface area contributed by atoms with Crippen LogP contribution in [0, 0.1) is 11.3 Å². The number of halogens is 1. The van der Waals surface area contributed by atoms with Crippen LogP contribution in [-0.4, -0.2) is 17.9 Å². The Kier molecular flexibility index (Phi) is 4.46. The number of carbonyl (C=O) groups excluding carboxylic acids is 1. The van der Waals surface area contributed by atoms with Gasteiger partial charge in [-0.15, -0.1) is 0 Å². The van der Waals surface area contributed by atoms with Gasteiger partial charge in [-0.2, -0.15) is 5.26 Å². The van der Waals surface area contributed by atoms with E-state index in [0.29, 0.717) is 28.4 Å². The number of benzene rings is 2. The number of nitriles is 1. The summed E-state index contributed by atoms with van der Waals surface area (Å²) in [7, 11) is 1.70. The van der Waals surface area contributed by atoms with Crippen LogP contribution in [-0.2, 0) is 6.54 Å². The van der Waals surface area contributed by atoms with E-state index in [1.807, 2.05) is 6.07 Å². The highest BCUT2D eigenvalue weighted by Crippen LogP contribution is 2.20. The zero-order valence-corrected chi connectivity index (χ0v) is 12.3. The molecule has 1 amide bonds. The molecule has 2 rings (SSSR count). The molecule has 0 aromatic heterocycles. The van der Waals surface area contributed by atoms with Crippen LogP contribution >= 0.6 is 11.6 Å². The predicted octanol–water partition coefficient (Wildman–Crippen LogP) is 3.07. The van der Waals surface area contributed by atoms with E-state index in [-0.39, 0.29) is 5.91 Å². The maximum atomic E-state index is 12.3. The molecule has 0 fully saturated rings. The molecule has 4 nitrogen and oxygen atoms in total. The lowest BCUT2D eigenvalue weighted by Gasteiger charge is -2.18. The second-order valence-electron chi connectivity index (χ2n) is 4.71. The van der Waals surface area contributed by atoms with E-state index in [1.165, 1.54) is 0 Å². The van der Waals surface area contributed by atoms with Gasteiger partial charge in [-0.05, 0) is 35.9 Å². The van der Waals surface area contributed by atoms with Gasteiger partial charge in [0.1, 0.15) is 0 Å². The van der Waals surface area contributed by atoms with Crippen LogP contribution < -0.4 is 5.73 Å². The van der Waals surface area contributed by atoms with Gasteiger partial charge in [-0.25, -0.2) is 0 Å². The molecule has 0 unspecified atom stereocenters. The summed E-state index contributed by atoms with van der Waals surface area (Å²) in [6, 6.07) is 14.1. The second-order valence-corrected chi connectivity index (χ2v) is 5.12. The summed E-state index contributed by atoms with van der Waals surface area (Å²) < 4.78 is 0. The molecule has 0 aliphatic rings. The van der Waals surface area contributed by atoms with Crippen molar-refractivity contribution in [1.82, 2.24) is 4.90 Å². The number of nitrogen functional groups attached to an aromatic ring is 1. The number of amides is 1. The van der Waals surface area contributed by atoms with Crippen molar-refractivity contribution in [3.05, 3.63) is 64.2 Å². The van der Waals surface area contributed by atoms with E-state index in [0.717, 1.165) is 5.56 Å². The predicted molar refractivity (Wildman–Crippen MR) is 82.8 cm³/mol. The Labute approximate surface area is 128 Å². The molecule has 5 heteroatoms. The van der Waals surface area contributed by atoms with E-state index in [2.05, 4.69) is 6.07 Å². The van der Waals surface area contributed by atoms with Gasteiger partial charge >= 0.3 is 0 Å². The summed E-state index contributed by atoms with van der Waals surface area (Å²) in [6.07, 6.45) is 0. The average Bonchev–Trinajstić information content (AvgIpc) is 2.49. The molecule has 0 saturated carbocycles. The van der Waals surface area contributed by atoms with Gasteiger partial charge in [0.05, 0.1) is 22.3 Å². The highest BCUT2D eigenvalue weighted by Gasteiger charge is 2.13. The number of anilines is 1. The van der Waals surface area contributed by atoms with Crippen molar-refractivity contribution < 1.29 is 4.79 Å². The first-order valence-electron chi connectivity index (χ1n) is 6.31. The molecule has 0 spiro atoms. The Hall–Kier alpha value is -2.51. The summed E-state index contributed by atoms with van der Waals surface area (Å²) >= 11 is 5.85. The summed E-state index contributed by atoms with van der Waals surface area (Å²) in [4.78, 5) is 13.9. The minimum Gasteiger partial charge on any atom is -0.398 e. The molecule has 0 bridgehead atoms. The Balaban J connectivity index is 2.15. The zero-order valence-electron chi connectivity index (χ0n) is 11.5. The minimum absolute atomic E-state index is 0.152. The standard InChI is InChI=1S/C16H14ClN3O/c1-20(10-12-4-2-3-11(7-12)9-18)16(21)13-5-6-14(17)15(19)8-13/h2-8H,10,19H2,1H3. The molecule has 2 aromatic rings. The van der Waals surface area contributed by atoms with Crippen LogP contribution in [0.4, 0.5) is 5.69 Å². The van der Waals surface area contributed by atoms with Gasteiger partial charge in [0.15, 0.2) is 0 Å². The molecule has 0 aliphatic heterocycles. The molecular weight excluding hydrogens is 286 g/mol. The highest BCUT2D eigenvalue weighted by atomic mass is 35.5. The molecule has 2 aromatic carbocycles. The normalized spacial score (nSPS) is 9.95. The molecule has 2 N–H and O–H groups in total. The number of carbonyl (C=O) groups is 1. The van der Waals surface area contributed by atoms with Gasteiger partial charge in [0.2, 0.25) is 0 Å². The van der Waals surface area contributed by atoms with Crippen molar-refractivity contribution in [2.24, 2.45) is 0 Å². The number of hydrogen-bond acceptors (Lipinski definition) is 3. The highest BCUT2D eigenvalue weighted by molar-refractivity contribution is 6.33. The lowest BCUT2D eigenvalue weighted by Crippen LogP contribution is -2.26. The van der Waals surface area contributed by atoms with Gasteiger partial charge < -0.3 is 10.6 Å². The fourth-order valence-electron chi connectivity index (χ4n) is 1.98. The van der Waals surface area contributed by atoms with Crippen molar-refractivity contribution in [2.75, 3.05) is 12.8 Å². The SMILES string of the molecule is CN(Cc1cccc(C#N)c1)C(=O)c1ccc(Cl)c(N)c1. The molecule has 0 saturated heterocycles. The monoisotopic (exact) mass is 299 g/mol. The van der Waals surface area contributed by atoms with Gasteiger partial charge in [0, 0.05) is 19.2 Å². The number of nitrogens with zero attached hydrogens (tertiary/aromatic N) is 2. The topological polar surface area (TPSA) is 70.1 Å². The molecule has 0 aliphatic carbocycles. The summed E-state index contributed by atoms with van der Waals surface area (Å²) in [5.74, 6) is -0.152. The van der Waals surface area contributed by atoms with Crippen LogP contribution in [0.2, 0.25) is 5.02 Å². The molecule has 0 atom stereocenters. The average molecular weight is 300 g/mol. The summed E-state index contributed by atoms with van der Waals surface area (Å²) in [5, 5.41) is 9.31. The fourth-order valence-corrected chi connectivity index (χ4v) is 2.10. The largest absolute Gasteiger partial charge is 0.398 e. The van der Waals surface area contributed by atoms with Crippen molar-refractivity contribution in [3.63, 3.8) is 0 Å². The van der Waals surface area contributed by atoms with E-state index in [4.69, 9.17) is 22.6 Å². The number of nitrogens with two attached hydrogens (primary N) is 1. The van der Waals surface area contributed by atoms with Gasteiger partial charge in [-0.3, -0.25) is 4.79 Å². The molecular formula is C16H14ClN3O. The second kappa shape index (κ2) is 6.29. The Morgan fingerprint density at radius 1 is 1.33 bits per heavy atom. The van der Waals surface area contributed by atoms with E-state index in [1.54, 1.807) is 48.3 Å². The third kappa shape index (κ3) is 3.53. The Morgan fingerprint density at radius 2 is 2.10 bits per heavy atom. The van der Waals surface area contributed by atoms with Gasteiger partial charge in [-0.1, -0.05) is 23.7 Å². The lowest BCUT2D eigenvalue weighted by atomic mass is 10.1. The van der Waals surface area contributed by atoms with Crippen LogP contribution in [0.3, 0.4) is 0 Å². The Bertz CT molecular complexity index is 722. The smallest absolute Gasteiger partial charge is 0.253 e. The number of rotatable bonds is 3. The lowest BCUT2D eigenvalue weighted by molar-refractivity contribution is 0.0785. The van der Waals surface area contributed by atoms with Crippen LogP contribution in [0.5, 0.6) is 0 Å². The van der Waals surface area contributed by atoms with Crippen molar-refractivity contribution in [3.8, 4) is 6.07 Å². The van der Waals surface area contributed by atoms with Crippen LogP contribution in [0.25, 0.3) is 0 Å². The zero-order chi connectivity index (χ0) is 15.4. The molecule has 106 valence electrons. The third-order valence-corrected chi connectivity index (χ3v) is 3.41. The van der Waals surface area contributed by atoms with Crippen molar-refractivity contribution in [1.29, 1.82) is 5.26 Å². The number of hydrogen-bond donors (Lipinski definition) is 1. The third-order valence-electron chi connectivity index (χ3n) is 3.07. The maximum absolute atomic E-state index is 12.3. The van der Waals surface area contributed by atoms with Gasteiger partial charge in [0.25, 0.3) is 5.91 Å². The summed E-state index contributed by atoms with van der Waals surface area (Å²) in [5.41, 5.74) is 8.04. The van der Waals surface area contributed by atoms with E-state index >= 15 is 0 Å². The molecule has 0 radical (unpaired) electrons. The first-order chi connectivity index (χ1) is 10.0. The van der Waals surface area contributed by atoms with Crippen molar-refractivity contribution >= 4 is 23.2 Å². The minimum atomic E-state index is -0.152. The van der Waals surface area contributed by atoms with E-state index < -0.39 is 0 Å². The quantitative estimate of drug-likeness (QED) is 0.885. The molecule has 0 heterocycles. The molecule has 21 heavy (non-hydrogen) atoms. The van der Waals surface area contributed by atoms with Crippen molar-refractivity contribution in [2.45, 2.75) is 6.54 Å². The van der Waals surface area contributed by atoms with Crippen LogP contribution in [0.1, 0.15) is 21.5 Å². The van der Waals surface area contributed by atoms with Crippen LogP contribution in [0.15, 0.2) is 42.5 Å². The Morgan fingerprint density at radius 3 is 2.76 bits per heavy atom. The first-order valence-corrected chi connectivity index (χ1v) is 6.68. The fraction of sp³-hybridized carbons (Fsp3) is 0.125. The first kappa shape index (κ1) is 14.9. The maximum Gasteiger partial charge on any atom is 0.253 e. The van der Waals surface area contributed by atoms with E-state index in [9.17, 15) is 4.79 Å². The summed E-state index contributed by atoms with van der Waals surface area (Å²) in [6.45, 7) is 0.414.